The summed E-state index contributed by atoms with van der Waals surface area (Å²) in [5, 5.41) is 9.30. The fourth-order valence-corrected chi connectivity index (χ4v) is 2.99. The lowest BCUT2D eigenvalue weighted by Gasteiger charge is -2.25. The highest BCUT2D eigenvalue weighted by Crippen LogP contribution is 2.41. The summed E-state index contributed by atoms with van der Waals surface area (Å²) in [5.74, 6) is -0.316. The Kier molecular flexibility index (Phi) is 5.97. The molecule has 4 atom stereocenters. The Hall–Kier alpha value is -1.86. The van der Waals surface area contributed by atoms with E-state index in [1.807, 2.05) is 31.5 Å². The molecule has 1 fully saturated rings. The molecule has 1 aromatic rings. The minimum absolute atomic E-state index is 0.0949. The Morgan fingerprint density at radius 3 is 2.77 bits per heavy atom. The molecule has 0 amide bonds. The Morgan fingerprint density at radius 2 is 2.18 bits per heavy atom. The number of carbonyl (C=O) groups is 1. The van der Waals surface area contributed by atoms with Crippen LogP contribution < -0.4 is 4.74 Å². The number of benzene rings is 1. The molecule has 4 unspecified atom stereocenters. The molecule has 4 heteroatoms. The van der Waals surface area contributed by atoms with E-state index in [1.54, 1.807) is 12.1 Å². The van der Waals surface area contributed by atoms with Gasteiger partial charge in [-0.25, -0.2) is 0 Å². The minimum atomic E-state index is -0.616. The van der Waals surface area contributed by atoms with Gasteiger partial charge in [-0.2, -0.15) is 5.26 Å². The van der Waals surface area contributed by atoms with Crippen molar-refractivity contribution in [3.8, 4) is 11.8 Å². The molecule has 116 valence electrons. The second-order valence-electron chi connectivity index (χ2n) is 5.36. The van der Waals surface area contributed by atoms with E-state index in [1.165, 1.54) is 0 Å². The summed E-state index contributed by atoms with van der Waals surface area (Å²) in [6, 6.07) is 11.1. The van der Waals surface area contributed by atoms with Gasteiger partial charge in [-0.3, -0.25) is 4.79 Å². The summed E-state index contributed by atoms with van der Waals surface area (Å²) >= 11 is 0. The highest BCUT2D eigenvalue weighted by Gasteiger charge is 2.45. The van der Waals surface area contributed by atoms with Gasteiger partial charge in [0.1, 0.15) is 11.9 Å². The molecule has 0 aliphatic heterocycles. The van der Waals surface area contributed by atoms with E-state index in [4.69, 9.17) is 9.47 Å². The van der Waals surface area contributed by atoms with Crippen molar-refractivity contribution < 1.29 is 14.3 Å². The maximum atomic E-state index is 12.6. The second-order valence-corrected chi connectivity index (χ2v) is 5.36. The van der Waals surface area contributed by atoms with Crippen molar-refractivity contribution in [2.24, 2.45) is 17.8 Å². The van der Waals surface area contributed by atoms with Crippen LogP contribution in [0.25, 0.3) is 0 Å². The average Bonchev–Trinajstić information content (AvgIpc) is 2.97. The predicted molar refractivity (Wildman–Crippen MR) is 82.5 cm³/mol. The van der Waals surface area contributed by atoms with Crippen molar-refractivity contribution in [2.75, 3.05) is 6.61 Å². The molecule has 0 bridgehead atoms. The number of nitrogens with zero attached hydrogens (tertiary/aromatic N) is 1. The second kappa shape index (κ2) is 7.95. The van der Waals surface area contributed by atoms with E-state index in [0.29, 0.717) is 18.8 Å². The van der Waals surface area contributed by atoms with Crippen molar-refractivity contribution in [2.45, 2.75) is 25.9 Å². The Balaban J connectivity index is 2.15. The first-order valence-corrected chi connectivity index (χ1v) is 7.61. The van der Waals surface area contributed by atoms with Crippen LogP contribution in [0.5, 0.6) is 5.75 Å². The Morgan fingerprint density at radius 1 is 1.45 bits per heavy atom. The van der Waals surface area contributed by atoms with Crippen LogP contribution in [0, 0.1) is 42.4 Å². The third-order valence-corrected chi connectivity index (χ3v) is 4.06. The maximum Gasteiger partial charge on any atom is 0.315 e. The molecule has 2 rings (SSSR count). The number of carbonyl (C=O) groups excluding carboxylic acids is 1. The molecule has 0 N–H and O–H groups in total. The van der Waals surface area contributed by atoms with Gasteiger partial charge in [0.25, 0.3) is 0 Å². The number of para-hydroxylation sites is 1. The van der Waals surface area contributed by atoms with Crippen LogP contribution >= 0.6 is 0 Å². The summed E-state index contributed by atoms with van der Waals surface area (Å²) in [7, 11) is 0. The smallest absolute Gasteiger partial charge is 0.315 e. The summed E-state index contributed by atoms with van der Waals surface area (Å²) in [6.45, 7) is 6.21. The SMILES string of the molecule is [CH2]CC1C[CH]C(C(C#N)OCC)C1C(=O)Oc1ccccc1. The van der Waals surface area contributed by atoms with Gasteiger partial charge in [0.05, 0.1) is 12.0 Å². The van der Waals surface area contributed by atoms with Gasteiger partial charge in [-0.1, -0.05) is 25.1 Å². The maximum absolute atomic E-state index is 12.6. The summed E-state index contributed by atoms with van der Waals surface area (Å²) in [5.41, 5.74) is 0. The lowest BCUT2D eigenvalue weighted by molar-refractivity contribution is -0.143. The topological polar surface area (TPSA) is 59.3 Å². The fourth-order valence-electron chi connectivity index (χ4n) is 2.99. The standard InChI is InChI=1S/C18H21NO3/c1-3-13-10-11-15(16(12-19)21-4-2)17(13)18(20)22-14-8-6-5-7-9-14/h5-9,11,13,15-17H,1,3-4,10H2,2H3. The van der Waals surface area contributed by atoms with Crippen molar-refractivity contribution in [1.29, 1.82) is 5.26 Å². The van der Waals surface area contributed by atoms with Crippen molar-refractivity contribution in [3.63, 3.8) is 0 Å². The quantitative estimate of drug-likeness (QED) is 0.598. The highest BCUT2D eigenvalue weighted by atomic mass is 16.5. The number of hydrogen-bond acceptors (Lipinski definition) is 4. The monoisotopic (exact) mass is 299 g/mol. The summed E-state index contributed by atoms with van der Waals surface area (Å²) in [6.07, 6.45) is 2.78. The number of hydrogen-bond donors (Lipinski definition) is 0. The van der Waals surface area contributed by atoms with Gasteiger partial charge >= 0.3 is 5.97 Å². The molecule has 0 spiro atoms. The number of rotatable bonds is 6. The van der Waals surface area contributed by atoms with E-state index < -0.39 is 6.10 Å². The molecule has 1 saturated carbocycles. The van der Waals surface area contributed by atoms with Gasteiger partial charge in [-0.05, 0) is 44.2 Å². The number of ether oxygens (including phenoxy) is 2. The molecule has 2 radical (unpaired) electrons. The van der Waals surface area contributed by atoms with E-state index in [-0.39, 0.29) is 23.7 Å². The molecule has 22 heavy (non-hydrogen) atoms. The van der Waals surface area contributed by atoms with E-state index in [9.17, 15) is 10.1 Å². The molecular formula is C18H21NO3. The first-order chi connectivity index (χ1) is 10.7. The highest BCUT2D eigenvalue weighted by molar-refractivity contribution is 5.76. The molecule has 1 aliphatic carbocycles. The van der Waals surface area contributed by atoms with Crippen LogP contribution in [-0.4, -0.2) is 18.7 Å². The van der Waals surface area contributed by atoms with Crippen LogP contribution in [0.1, 0.15) is 19.8 Å². The van der Waals surface area contributed by atoms with Crippen LogP contribution in [0.15, 0.2) is 30.3 Å². The van der Waals surface area contributed by atoms with Crippen LogP contribution in [0.2, 0.25) is 0 Å². The normalized spacial score (nSPS) is 25.4. The van der Waals surface area contributed by atoms with E-state index in [0.717, 1.165) is 6.42 Å². The largest absolute Gasteiger partial charge is 0.426 e. The zero-order valence-electron chi connectivity index (χ0n) is 12.8. The minimum Gasteiger partial charge on any atom is -0.426 e. The Bertz CT molecular complexity index is 523. The fraction of sp³-hybridized carbons (Fsp3) is 0.444. The van der Waals surface area contributed by atoms with Crippen LogP contribution in [-0.2, 0) is 9.53 Å². The van der Waals surface area contributed by atoms with E-state index in [2.05, 4.69) is 13.0 Å². The third kappa shape index (κ3) is 3.66. The van der Waals surface area contributed by atoms with E-state index >= 15 is 0 Å². The zero-order chi connectivity index (χ0) is 15.9. The van der Waals surface area contributed by atoms with Gasteiger partial charge in [0, 0.05) is 12.5 Å². The molecule has 0 aromatic heterocycles. The molecule has 1 aromatic carbocycles. The lowest BCUT2D eigenvalue weighted by atomic mass is 9.85. The van der Waals surface area contributed by atoms with Crippen LogP contribution in [0.4, 0.5) is 0 Å². The zero-order valence-corrected chi connectivity index (χ0v) is 12.8. The first-order valence-electron chi connectivity index (χ1n) is 7.61. The lowest BCUT2D eigenvalue weighted by Crippen LogP contribution is -2.35. The number of nitriles is 1. The first kappa shape index (κ1) is 16.5. The van der Waals surface area contributed by atoms with Crippen molar-refractivity contribution in [3.05, 3.63) is 43.7 Å². The molecular weight excluding hydrogens is 278 g/mol. The van der Waals surface area contributed by atoms with Gasteiger partial charge in [-0.15, -0.1) is 0 Å². The molecule has 4 nitrogen and oxygen atoms in total. The van der Waals surface area contributed by atoms with Gasteiger partial charge < -0.3 is 9.47 Å². The summed E-state index contributed by atoms with van der Waals surface area (Å²) < 4.78 is 11.0. The molecule has 0 heterocycles. The predicted octanol–water partition coefficient (Wildman–Crippen LogP) is 3.20. The van der Waals surface area contributed by atoms with Crippen LogP contribution in [0.3, 0.4) is 0 Å². The van der Waals surface area contributed by atoms with Crippen molar-refractivity contribution >= 4 is 5.97 Å². The van der Waals surface area contributed by atoms with Gasteiger partial charge in [0.2, 0.25) is 0 Å². The summed E-state index contributed by atoms with van der Waals surface area (Å²) in [4.78, 5) is 12.6. The average molecular weight is 299 g/mol. The Labute approximate surface area is 132 Å². The molecule has 1 aliphatic rings. The third-order valence-electron chi connectivity index (χ3n) is 4.06. The van der Waals surface area contributed by atoms with Crippen molar-refractivity contribution in [1.82, 2.24) is 0 Å². The molecule has 0 saturated heterocycles. The van der Waals surface area contributed by atoms with Gasteiger partial charge in [0.15, 0.2) is 0 Å². The number of esters is 1.